The van der Waals surface area contributed by atoms with Crippen LogP contribution in [0.15, 0.2) is 12.5 Å². The summed E-state index contributed by atoms with van der Waals surface area (Å²) in [5, 5.41) is 7.76. The lowest BCUT2D eigenvalue weighted by Crippen LogP contribution is -2.44. The summed E-state index contributed by atoms with van der Waals surface area (Å²) in [7, 11) is -8.02. The molecule has 0 aliphatic carbocycles. The lowest BCUT2D eigenvalue weighted by atomic mass is 10.2. The first-order valence-electron chi connectivity index (χ1n) is 4.97. The van der Waals surface area contributed by atoms with Crippen molar-refractivity contribution in [2.45, 2.75) is 12.5 Å². The summed E-state index contributed by atoms with van der Waals surface area (Å²) in [4.78, 5) is 17.3. The van der Waals surface area contributed by atoms with E-state index in [1.54, 1.807) is 0 Å². The van der Waals surface area contributed by atoms with Crippen LogP contribution in [0.3, 0.4) is 0 Å². The molecule has 0 spiro atoms. The second-order valence-corrected chi connectivity index (χ2v) is 8.21. The van der Waals surface area contributed by atoms with Gasteiger partial charge in [0.1, 0.15) is 6.04 Å². The second kappa shape index (κ2) is 5.67. The highest BCUT2D eigenvalue weighted by molar-refractivity contribution is 8.06. The van der Waals surface area contributed by atoms with E-state index in [0.29, 0.717) is 5.69 Å². The Balaban J connectivity index is 2.82. The number of hydrogen-bond donors (Lipinski definition) is 3. The molecule has 1 aromatic rings. The molecule has 0 amide bonds. The van der Waals surface area contributed by atoms with Gasteiger partial charge in [0.2, 0.25) is 10.0 Å². The number of carbonyl (C=O) groups is 1. The van der Waals surface area contributed by atoms with E-state index in [2.05, 4.69) is 9.97 Å². The number of carboxylic acid groups (broad SMARTS) is 1. The predicted molar refractivity (Wildman–Crippen MR) is 65.5 cm³/mol. The number of carboxylic acids is 1. The van der Waals surface area contributed by atoms with Crippen LogP contribution in [0.5, 0.6) is 0 Å². The molecule has 0 radical (unpaired) electrons. The molecule has 0 saturated carbocycles. The summed E-state index contributed by atoms with van der Waals surface area (Å²) in [5.74, 6) is -1.41. The van der Waals surface area contributed by atoms with Crippen LogP contribution in [-0.2, 0) is 31.1 Å². The average Bonchev–Trinajstić information content (AvgIpc) is 2.64. The van der Waals surface area contributed by atoms with E-state index in [9.17, 15) is 21.6 Å². The SMILES string of the molecule is CS(=O)(=O)CS(=O)(=O)NC(Cc1cnc[nH]1)C(=O)O. The maximum absolute atomic E-state index is 11.5. The maximum atomic E-state index is 11.5. The van der Waals surface area contributed by atoms with Crippen molar-refractivity contribution in [1.82, 2.24) is 14.7 Å². The molecule has 0 aromatic carbocycles. The fourth-order valence-corrected chi connectivity index (χ4v) is 4.47. The lowest BCUT2D eigenvalue weighted by molar-refractivity contribution is -0.138. The first kappa shape index (κ1) is 15.6. The monoisotopic (exact) mass is 311 g/mol. The number of H-pyrrole nitrogens is 1. The van der Waals surface area contributed by atoms with Gasteiger partial charge in [0.15, 0.2) is 14.9 Å². The van der Waals surface area contributed by atoms with Crippen LogP contribution in [0.25, 0.3) is 0 Å². The summed E-state index contributed by atoms with van der Waals surface area (Å²) in [6.45, 7) is 0. The normalized spacial score (nSPS) is 14.2. The average molecular weight is 311 g/mol. The van der Waals surface area contributed by atoms with Crippen LogP contribution in [0, 0.1) is 0 Å². The number of nitrogens with one attached hydrogen (secondary N) is 2. The molecule has 9 nitrogen and oxygen atoms in total. The van der Waals surface area contributed by atoms with Gasteiger partial charge < -0.3 is 10.1 Å². The van der Waals surface area contributed by atoms with E-state index < -0.39 is 37.0 Å². The van der Waals surface area contributed by atoms with Gasteiger partial charge in [0.25, 0.3) is 0 Å². The highest BCUT2D eigenvalue weighted by Crippen LogP contribution is 2.02. The van der Waals surface area contributed by atoms with Crippen molar-refractivity contribution >= 4 is 25.8 Å². The van der Waals surface area contributed by atoms with Gasteiger partial charge in [-0.1, -0.05) is 0 Å². The first-order chi connectivity index (χ1) is 8.59. The molecular weight excluding hydrogens is 298 g/mol. The smallest absolute Gasteiger partial charge is 0.322 e. The van der Waals surface area contributed by atoms with Gasteiger partial charge in [-0.15, -0.1) is 0 Å². The minimum Gasteiger partial charge on any atom is -0.480 e. The molecule has 0 bridgehead atoms. The Morgan fingerprint density at radius 2 is 2.11 bits per heavy atom. The Morgan fingerprint density at radius 3 is 2.53 bits per heavy atom. The summed E-state index contributed by atoms with van der Waals surface area (Å²) in [6, 6.07) is -1.47. The number of aromatic nitrogens is 2. The molecule has 11 heteroatoms. The van der Waals surface area contributed by atoms with Gasteiger partial charge in [-0.2, -0.15) is 4.72 Å². The van der Waals surface area contributed by atoms with Crippen molar-refractivity contribution in [3.63, 3.8) is 0 Å². The van der Waals surface area contributed by atoms with Gasteiger partial charge in [-0.3, -0.25) is 4.79 Å². The summed E-state index contributed by atoms with van der Waals surface area (Å²) in [5.41, 5.74) is 0.412. The third-order valence-corrected chi connectivity index (χ3v) is 5.57. The third-order valence-electron chi connectivity index (χ3n) is 1.97. The molecule has 0 aliphatic rings. The first-order valence-corrected chi connectivity index (χ1v) is 8.68. The van der Waals surface area contributed by atoms with Gasteiger partial charge in [0.05, 0.1) is 6.33 Å². The van der Waals surface area contributed by atoms with E-state index >= 15 is 0 Å². The van der Waals surface area contributed by atoms with E-state index in [4.69, 9.17) is 5.11 Å². The number of aliphatic carboxylic acids is 1. The van der Waals surface area contributed by atoms with Crippen LogP contribution in [-0.4, -0.2) is 55.3 Å². The molecule has 1 heterocycles. The molecule has 1 atom stereocenters. The minimum atomic E-state index is -4.24. The number of sulfonamides is 1. The van der Waals surface area contributed by atoms with Gasteiger partial charge >= 0.3 is 5.97 Å². The highest BCUT2D eigenvalue weighted by Gasteiger charge is 2.27. The Morgan fingerprint density at radius 1 is 1.47 bits per heavy atom. The maximum Gasteiger partial charge on any atom is 0.322 e. The molecule has 19 heavy (non-hydrogen) atoms. The molecule has 1 rings (SSSR count). The van der Waals surface area contributed by atoms with Crippen molar-refractivity contribution in [2.75, 3.05) is 11.3 Å². The number of rotatable bonds is 7. The van der Waals surface area contributed by atoms with Crippen LogP contribution in [0.2, 0.25) is 0 Å². The zero-order valence-corrected chi connectivity index (χ0v) is 11.5. The highest BCUT2D eigenvalue weighted by atomic mass is 32.3. The van der Waals surface area contributed by atoms with Crippen molar-refractivity contribution < 1.29 is 26.7 Å². The minimum absolute atomic E-state index is 0.168. The molecule has 1 unspecified atom stereocenters. The standard InChI is InChI=1S/C8H13N3O6S2/c1-18(14,15)5-19(16,17)11-7(8(12)13)2-6-3-9-4-10-6/h3-4,7,11H,2,5H2,1H3,(H,9,10)(H,12,13). The zero-order valence-electron chi connectivity index (χ0n) is 9.90. The van der Waals surface area contributed by atoms with Crippen LogP contribution < -0.4 is 4.72 Å². The van der Waals surface area contributed by atoms with Gasteiger partial charge in [0, 0.05) is 24.6 Å². The molecule has 0 aliphatic heterocycles. The van der Waals surface area contributed by atoms with E-state index in [1.165, 1.54) is 12.5 Å². The molecule has 0 fully saturated rings. The van der Waals surface area contributed by atoms with Gasteiger partial charge in [-0.25, -0.2) is 21.8 Å². The Bertz CT molecular complexity index is 634. The predicted octanol–water partition coefficient (Wildman–Crippen LogP) is -1.67. The Hall–Kier alpha value is -1.46. The number of aromatic amines is 1. The lowest BCUT2D eigenvalue weighted by Gasteiger charge is -2.13. The zero-order chi connectivity index (χ0) is 14.7. The fourth-order valence-electron chi connectivity index (χ4n) is 1.33. The molecule has 1 aromatic heterocycles. The number of imidazole rings is 1. The molecule has 108 valence electrons. The number of nitrogens with zero attached hydrogens (tertiary/aromatic N) is 1. The largest absolute Gasteiger partial charge is 0.480 e. The van der Waals surface area contributed by atoms with Crippen LogP contribution in [0.1, 0.15) is 5.69 Å². The second-order valence-electron chi connectivity index (χ2n) is 3.95. The van der Waals surface area contributed by atoms with Crippen molar-refractivity contribution in [1.29, 1.82) is 0 Å². The van der Waals surface area contributed by atoms with E-state index in [1.807, 2.05) is 4.72 Å². The van der Waals surface area contributed by atoms with Crippen molar-refractivity contribution in [3.8, 4) is 0 Å². The van der Waals surface area contributed by atoms with Gasteiger partial charge in [-0.05, 0) is 0 Å². The van der Waals surface area contributed by atoms with Crippen LogP contribution >= 0.6 is 0 Å². The number of hydrogen-bond acceptors (Lipinski definition) is 6. The summed E-state index contributed by atoms with van der Waals surface area (Å²) < 4.78 is 46.7. The molecular formula is C8H13N3O6S2. The topological polar surface area (TPSA) is 146 Å². The molecule has 0 saturated heterocycles. The van der Waals surface area contributed by atoms with Crippen molar-refractivity contribution in [2.24, 2.45) is 0 Å². The fraction of sp³-hybridized carbons (Fsp3) is 0.500. The van der Waals surface area contributed by atoms with E-state index in [-0.39, 0.29) is 6.42 Å². The quantitative estimate of drug-likeness (QED) is 0.545. The molecule has 3 N–H and O–H groups in total. The Kier molecular flexibility index (Phi) is 4.66. The summed E-state index contributed by atoms with van der Waals surface area (Å²) >= 11 is 0. The van der Waals surface area contributed by atoms with Crippen molar-refractivity contribution in [3.05, 3.63) is 18.2 Å². The number of sulfone groups is 1. The summed E-state index contributed by atoms with van der Waals surface area (Å²) in [6.07, 6.45) is 3.25. The van der Waals surface area contributed by atoms with Crippen LogP contribution in [0.4, 0.5) is 0 Å². The third kappa shape index (κ3) is 5.81. The Labute approximate surface area is 110 Å². The van der Waals surface area contributed by atoms with E-state index in [0.717, 1.165) is 6.26 Å².